The Hall–Kier alpha value is -0.970. The summed E-state index contributed by atoms with van der Waals surface area (Å²) in [7, 11) is 0. The number of aromatic amines is 1. The summed E-state index contributed by atoms with van der Waals surface area (Å²) < 4.78 is 0. The second-order valence-electron chi connectivity index (χ2n) is 6.44. The lowest BCUT2D eigenvalue weighted by atomic mass is 10.0. The van der Waals surface area contributed by atoms with E-state index in [1.165, 1.54) is 16.7 Å². The third-order valence-electron chi connectivity index (χ3n) is 3.70. The molecule has 0 spiro atoms. The van der Waals surface area contributed by atoms with Crippen LogP contribution in [0.4, 0.5) is 0 Å². The van der Waals surface area contributed by atoms with E-state index in [0.29, 0.717) is 6.04 Å². The maximum absolute atomic E-state index is 9.68. The minimum atomic E-state index is 0.105. The quantitative estimate of drug-likeness (QED) is 0.663. The highest BCUT2D eigenvalue weighted by molar-refractivity contribution is 7.99. The van der Waals surface area contributed by atoms with Crippen molar-refractivity contribution in [2.45, 2.75) is 39.3 Å². The molecule has 2 rings (SSSR count). The van der Waals surface area contributed by atoms with E-state index >= 15 is 0 Å². The van der Waals surface area contributed by atoms with E-state index in [4.69, 9.17) is 0 Å². The number of benzene rings is 1. The van der Waals surface area contributed by atoms with Crippen LogP contribution in [0.2, 0.25) is 0 Å². The molecule has 1 aromatic heterocycles. The molecular formula is C18H28N2OS. The maximum Gasteiger partial charge on any atom is 0.0587 e. The zero-order valence-electron chi connectivity index (χ0n) is 13.8. The van der Waals surface area contributed by atoms with Crippen molar-refractivity contribution in [1.29, 1.82) is 0 Å². The fourth-order valence-electron chi connectivity index (χ4n) is 2.67. The number of aliphatic hydroxyl groups excluding tert-OH is 1. The van der Waals surface area contributed by atoms with Crippen LogP contribution in [0, 0.1) is 5.92 Å². The van der Waals surface area contributed by atoms with Gasteiger partial charge in [-0.3, -0.25) is 0 Å². The van der Waals surface area contributed by atoms with Crippen molar-refractivity contribution in [3.63, 3.8) is 0 Å². The van der Waals surface area contributed by atoms with E-state index in [1.54, 1.807) is 0 Å². The topological polar surface area (TPSA) is 48.0 Å². The van der Waals surface area contributed by atoms with Crippen LogP contribution < -0.4 is 5.32 Å². The Labute approximate surface area is 137 Å². The minimum absolute atomic E-state index is 0.105. The van der Waals surface area contributed by atoms with Crippen LogP contribution in [-0.2, 0) is 6.42 Å². The molecule has 122 valence electrons. The highest BCUT2D eigenvalue weighted by atomic mass is 32.2. The van der Waals surface area contributed by atoms with Gasteiger partial charge in [0.05, 0.1) is 6.61 Å². The van der Waals surface area contributed by atoms with Crippen molar-refractivity contribution in [3.8, 4) is 0 Å². The van der Waals surface area contributed by atoms with Crippen LogP contribution >= 0.6 is 11.8 Å². The zero-order chi connectivity index (χ0) is 15.9. The largest absolute Gasteiger partial charge is 0.395 e. The monoisotopic (exact) mass is 320 g/mol. The van der Waals surface area contributed by atoms with E-state index < -0.39 is 0 Å². The van der Waals surface area contributed by atoms with Crippen LogP contribution in [0.5, 0.6) is 0 Å². The van der Waals surface area contributed by atoms with Gasteiger partial charge in [0.2, 0.25) is 0 Å². The zero-order valence-corrected chi connectivity index (χ0v) is 14.6. The molecule has 2 aromatic rings. The maximum atomic E-state index is 9.68. The third-order valence-corrected chi connectivity index (χ3v) is 5.34. The first kappa shape index (κ1) is 17.4. The second kappa shape index (κ2) is 8.61. The van der Waals surface area contributed by atoms with Crippen molar-refractivity contribution < 1.29 is 5.11 Å². The predicted octanol–water partition coefficient (Wildman–Crippen LogP) is 3.44. The van der Waals surface area contributed by atoms with Gasteiger partial charge in [0.1, 0.15) is 0 Å². The van der Waals surface area contributed by atoms with Crippen LogP contribution in [0.3, 0.4) is 0 Å². The number of fused-ring (bicyclic) bond motifs is 1. The Kier molecular flexibility index (Phi) is 6.80. The highest BCUT2D eigenvalue weighted by Crippen LogP contribution is 2.19. The number of thioether (sulfide) groups is 1. The number of nitrogens with one attached hydrogen (secondary N) is 2. The number of hydrogen-bond donors (Lipinski definition) is 3. The van der Waals surface area contributed by atoms with E-state index in [2.05, 4.69) is 55.5 Å². The molecule has 22 heavy (non-hydrogen) atoms. The fourth-order valence-corrected chi connectivity index (χ4v) is 3.73. The second-order valence-corrected chi connectivity index (χ2v) is 7.52. The SMILES string of the molecule is CC(C)CSC[C@H](C)N[C@H](CO)Cc1c[nH]c2ccccc12. The van der Waals surface area contributed by atoms with Crippen molar-refractivity contribution >= 4 is 22.7 Å². The first-order chi connectivity index (χ1) is 10.6. The summed E-state index contributed by atoms with van der Waals surface area (Å²) >= 11 is 1.98. The number of rotatable bonds is 9. The van der Waals surface area contributed by atoms with Gasteiger partial charge in [0.15, 0.2) is 0 Å². The lowest BCUT2D eigenvalue weighted by Gasteiger charge is -2.21. The van der Waals surface area contributed by atoms with Crippen molar-refractivity contribution in [1.82, 2.24) is 10.3 Å². The van der Waals surface area contributed by atoms with Crippen LogP contribution in [-0.4, -0.2) is 40.3 Å². The van der Waals surface area contributed by atoms with Gasteiger partial charge in [-0.05, 0) is 36.6 Å². The molecule has 0 radical (unpaired) electrons. The molecular weight excluding hydrogens is 292 g/mol. The molecule has 0 fully saturated rings. The van der Waals surface area contributed by atoms with Gasteiger partial charge in [-0.25, -0.2) is 0 Å². The van der Waals surface area contributed by atoms with Crippen molar-refractivity contribution in [2.75, 3.05) is 18.1 Å². The predicted molar refractivity (Wildman–Crippen MR) is 97.6 cm³/mol. The molecule has 0 amide bonds. The van der Waals surface area contributed by atoms with Crippen molar-refractivity contribution in [3.05, 3.63) is 36.0 Å². The molecule has 3 N–H and O–H groups in total. The van der Waals surface area contributed by atoms with E-state index in [1.807, 2.05) is 17.8 Å². The first-order valence-electron chi connectivity index (χ1n) is 8.09. The Balaban J connectivity index is 1.89. The average Bonchev–Trinajstić information content (AvgIpc) is 2.89. The summed E-state index contributed by atoms with van der Waals surface area (Å²) in [5, 5.41) is 14.5. The molecule has 4 heteroatoms. The molecule has 3 nitrogen and oxygen atoms in total. The van der Waals surface area contributed by atoms with Gasteiger partial charge in [-0.1, -0.05) is 32.0 Å². The average molecular weight is 321 g/mol. The molecule has 0 saturated carbocycles. The molecule has 1 aromatic carbocycles. The number of aliphatic hydroxyl groups is 1. The Morgan fingerprint density at radius 3 is 2.68 bits per heavy atom. The minimum Gasteiger partial charge on any atom is -0.395 e. The lowest BCUT2D eigenvalue weighted by Crippen LogP contribution is -2.41. The summed E-state index contributed by atoms with van der Waals surface area (Å²) in [6, 6.07) is 8.84. The smallest absolute Gasteiger partial charge is 0.0587 e. The third kappa shape index (κ3) is 5.04. The molecule has 0 aliphatic carbocycles. The number of hydrogen-bond acceptors (Lipinski definition) is 3. The molecule has 1 heterocycles. The summed E-state index contributed by atoms with van der Waals surface area (Å²) in [4.78, 5) is 3.30. The first-order valence-corrected chi connectivity index (χ1v) is 9.25. The number of aromatic nitrogens is 1. The van der Waals surface area contributed by atoms with Gasteiger partial charge in [-0.2, -0.15) is 11.8 Å². The molecule has 0 unspecified atom stereocenters. The van der Waals surface area contributed by atoms with Crippen molar-refractivity contribution in [2.24, 2.45) is 5.92 Å². The van der Waals surface area contributed by atoms with Crippen LogP contribution in [0.25, 0.3) is 10.9 Å². The van der Waals surface area contributed by atoms with Crippen LogP contribution in [0.15, 0.2) is 30.5 Å². The van der Waals surface area contributed by atoms with E-state index in [0.717, 1.165) is 23.6 Å². The van der Waals surface area contributed by atoms with Gasteiger partial charge in [0, 0.05) is 34.9 Å². The summed E-state index contributed by atoms with van der Waals surface area (Å²) in [5.74, 6) is 3.01. The molecule has 0 bridgehead atoms. The Bertz CT molecular complexity index is 567. The van der Waals surface area contributed by atoms with E-state index in [-0.39, 0.29) is 12.6 Å². The van der Waals surface area contributed by atoms with Gasteiger partial charge < -0.3 is 15.4 Å². The number of para-hydroxylation sites is 1. The lowest BCUT2D eigenvalue weighted by molar-refractivity contribution is 0.235. The molecule has 0 aliphatic heterocycles. The van der Waals surface area contributed by atoms with Gasteiger partial charge in [-0.15, -0.1) is 0 Å². The summed E-state index contributed by atoms with van der Waals surface area (Å²) in [6.07, 6.45) is 2.91. The standard InChI is InChI=1S/C18H28N2OS/c1-13(2)11-22-12-14(3)20-16(10-21)8-15-9-19-18-7-5-4-6-17(15)18/h4-7,9,13-14,16,19-21H,8,10-12H2,1-3H3/t14-,16-/m0/s1. The fraction of sp³-hybridized carbons (Fsp3) is 0.556. The van der Waals surface area contributed by atoms with Gasteiger partial charge in [0.25, 0.3) is 0 Å². The van der Waals surface area contributed by atoms with E-state index in [9.17, 15) is 5.11 Å². The molecule has 0 saturated heterocycles. The summed E-state index contributed by atoms with van der Waals surface area (Å²) in [5.41, 5.74) is 2.43. The Morgan fingerprint density at radius 2 is 1.95 bits per heavy atom. The Morgan fingerprint density at radius 1 is 1.18 bits per heavy atom. The molecule has 0 aliphatic rings. The van der Waals surface area contributed by atoms with Gasteiger partial charge >= 0.3 is 0 Å². The number of H-pyrrole nitrogens is 1. The van der Waals surface area contributed by atoms with Crippen LogP contribution in [0.1, 0.15) is 26.3 Å². The highest BCUT2D eigenvalue weighted by Gasteiger charge is 2.14. The molecule has 2 atom stereocenters. The summed E-state index contributed by atoms with van der Waals surface area (Å²) in [6.45, 7) is 6.86. The normalized spacial score (nSPS) is 14.6.